The van der Waals surface area contributed by atoms with E-state index < -0.39 is 11.6 Å². The van der Waals surface area contributed by atoms with E-state index in [9.17, 15) is 9.90 Å². The van der Waals surface area contributed by atoms with Crippen LogP contribution >= 0.6 is 11.3 Å². The molecule has 2 aromatic heterocycles. The standard InChI is InChI=1S/C26H30NO5S.BrH/c28-25(26(29,23-9-4-16-31-23)24-10-5-18-33-24)32-22-19-27(14-11-20(22)12-15-27)13-6-17-30-21-7-2-1-3-8-21;/h1-5,7-10,16,18,20,22,29H,6,11-15,17,19H2;1H/q+1;/p-1/t20?,22-,26?,27?;/m0./s1. The van der Waals surface area contributed by atoms with E-state index >= 15 is 0 Å². The number of thiophene rings is 1. The first-order chi connectivity index (χ1) is 16.1. The van der Waals surface area contributed by atoms with Crippen molar-refractivity contribution in [2.75, 3.05) is 32.8 Å². The normalized spacial score (nSPS) is 25.2. The number of carbonyl (C=O) groups is 1. The fourth-order valence-electron chi connectivity index (χ4n) is 5.29. The second kappa shape index (κ2) is 10.6. The first-order valence-electron chi connectivity index (χ1n) is 11.6. The Balaban J connectivity index is 0.00000274. The van der Waals surface area contributed by atoms with Crippen LogP contribution in [0.15, 0.2) is 70.7 Å². The third-order valence-corrected chi connectivity index (χ3v) is 8.12. The maximum absolute atomic E-state index is 13.4. The molecule has 3 fully saturated rings. The molecule has 3 aliphatic heterocycles. The summed E-state index contributed by atoms with van der Waals surface area (Å²) < 4.78 is 18.3. The molecule has 6 rings (SSSR count). The smallest absolute Gasteiger partial charge is 0.352 e. The Morgan fingerprint density at radius 1 is 1.12 bits per heavy atom. The molecule has 3 aromatic rings. The number of aliphatic hydroxyl groups is 1. The molecule has 2 atom stereocenters. The van der Waals surface area contributed by atoms with E-state index in [1.54, 1.807) is 18.2 Å². The first kappa shape index (κ1) is 25.0. The minimum atomic E-state index is -1.92. The maximum atomic E-state index is 13.4. The molecule has 1 aromatic carbocycles. The summed E-state index contributed by atoms with van der Waals surface area (Å²) in [5.41, 5.74) is -1.92. The lowest BCUT2D eigenvalue weighted by Gasteiger charge is -2.52. The minimum absolute atomic E-state index is 0. The van der Waals surface area contributed by atoms with Gasteiger partial charge in [-0.05, 0) is 35.7 Å². The SMILES string of the molecule is O=C(O[C@H]1C[N+]2(CCCOc3ccccc3)CCC1CC2)C(O)(c1ccco1)c1cccs1.[Br-]. The number of hydrogen-bond acceptors (Lipinski definition) is 6. The van der Waals surface area contributed by atoms with Gasteiger partial charge in [-0.25, -0.2) is 4.79 Å². The fourth-order valence-corrected chi connectivity index (χ4v) is 6.11. The lowest BCUT2D eigenvalue weighted by molar-refractivity contribution is -0.946. The van der Waals surface area contributed by atoms with Crippen LogP contribution in [0.2, 0.25) is 0 Å². The van der Waals surface area contributed by atoms with Crippen molar-refractivity contribution >= 4 is 17.3 Å². The van der Waals surface area contributed by atoms with Crippen molar-refractivity contribution in [2.24, 2.45) is 5.92 Å². The molecule has 6 nitrogen and oxygen atoms in total. The zero-order chi connectivity index (χ0) is 22.7. The number of nitrogens with zero attached hydrogens (tertiary/aromatic N) is 1. The molecule has 3 aliphatic rings. The molecule has 182 valence electrons. The number of esters is 1. The molecule has 0 spiro atoms. The molecule has 3 saturated heterocycles. The van der Waals surface area contributed by atoms with E-state index in [2.05, 4.69) is 0 Å². The number of benzene rings is 1. The summed E-state index contributed by atoms with van der Waals surface area (Å²) in [7, 11) is 0. The average Bonchev–Trinajstić information content (AvgIpc) is 3.58. The maximum Gasteiger partial charge on any atom is 0.352 e. The predicted octanol–water partition coefficient (Wildman–Crippen LogP) is 1.20. The van der Waals surface area contributed by atoms with Gasteiger partial charge in [0.2, 0.25) is 0 Å². The molecular formula is C26H30BrNO5S. The summed E-state index contributed by atoms with van der Waals surface area (Å²) in [4.78, 5) is 13.9. The van der Waals surface area contributed by atoms with Gasteiger partial charge in [-0.1, -0.05) is 24.3 Å². The van der Waals surface area contributed by atoms with Crippen LogP contribution in [0.5, 0.6) is 5.75 Å². The number of rotatable bonds is 9. The molecule has 0 aliphatic carbocycles. The number of ether oxygens (including phenoxy) is 2. The Bertz CT molecular complexity index is 998. The second-order valence-corrected chi connectivity index (χ2v) is 10.1. The van der Waals surface area contributed by atoms with Crippen molar-refractivity contribution in [1.82, 2.24) is 0 Å². The summed E-state index contributed by atoms with van der Waals surface area (Å²) in [6.07, 6.45) is 4.29. The van der Waals surface area contributed by atoms with E-state index in [0.29, 0.717) is 17.4 Å². The molecule has 1 unspecified atom stereocenters. The van der Waals surface area contributed by atoms with E-state index in [4.69, 9.17) is 13.9 Å². The number of para-hydroxylation sites is 1. The highest BCUT2D eigenvalue weighted by Gasteiger charge is 2.51. The largest absolute Gasteiger partial charge is 1.00 e. The topological polar surface area (TPSA) is 68.9 Å². The van der Waals surface area contributed by atoms with Crippen LogP contribution < -0.4 is 21.7 Å². The third-order valence-electron chi connectivity index (χ3n) is 7.14. The Labute approximate surface area is 214 Å². The lowest BCUT2D eigenvalue weighted by Crippen LogP contribution is -3.00. The Morgan fingerprint density at radius 3 is 2.59 bits per heavy atom. The van der Waals surface area contributed by atoms with Crippen molar-refractivity contribution in [3.8, 4) is 5.75 Å². The van der Waals surface area contributed by atoms with Crippen molar-refractivity contribution in [1.29, 1.82) is 0 Å². The van der Waals surface area contributed by atoms with Gasteiger partial charge < -0.3 is 40.5 Å². The number of halogens is 1. The number of quaternary nitrogens is 1. The monoisotopic (exact) mass is 547 g/mol. The lowest BCUT2D eigenvalue weighted by atomic mass is 9.83. The van der Waals surface area contributed by atoms with Gasteiger partial charge in [0.1, 0.15) is 12.3 Å². The highest BCUT2D eigenvalue weighted by Crippen LogP contribution is 2.39. The molecule has 5 heterocycles. The van der Waals surface area contributed by atoms with Gasteiger partial charge >= 0.3 is 5.97 Å². The van der Waals surface area contributed by atoms with Crippen LogP contribution in [0, 0.1) is 5.92 Å². The zero-order valence-corrected chi connectivity index (χ0v) is 21.4. The van der Waals surface area contributed by atoms with Crippen LogP contribution in [-0.2, 0) is 15.1 Å². The van der Waals surface area contributed by atoms with E-state index in [0.717, 1.165) is 55.7 Å². The molecule has 2 bridgehead atoms. The van der Waals surface area contributed by atoms with Crippen LogP contribution in [0.3, 0.4) is 0 Å². The van der Waals surface area contributed by atoms with Crippen LogP contribution in [-0.4, -0.2) is 54.4 Å². The molecule has 8 heteroatoms. The van der Waals surface area contributed by atoms with Gasteiger partial charge in [0.05, 0.1) is 37.4 Å². The number of fused-ring (bicyclic) bond motifs is 3. The van der Waals surface area contributed by atoms with Gasteiger partial charge in [-0.2, -0.15) is 0 Å². The first-order valence-corrected chi connectivity index (χ1v) is 12.5. The minimum Gasteiger partial charge on any atom is -1.00 e. The summed E-state index contributed by atoms with van der Waals surface area (Å²) in [5, 5.41) is 13.3. The molecule has 1 N–H and O–H groups in total. The highest BCUT2D eigenvalue weighted by molar-refractivity contribution is 7.10. The number of furan rings is 1. The Kier molecular flexibility index (Phi) is 7.82. The van der Waals surface area contributed by atoms with E-state index in [-0.39, 0.29) is 28.8 Å². The summed E-state index contributed by atoms with van der Waals surface area (Å²) in [6.45, 7) is 4.69. The van der Waals surface area contributed by atoms with Crippen LogP contribution in [0.1, 0.15) is 29.9 Å². The number of hydrogen-bond donors (Lipinski definition) is 1. The van der Waals surface area contributed by atoms with Gasteiger partial charge in [-0.3, -0.25) is 0 Å². The summed E-state index contributed by atoms with van der Waals surface area (Å²) in [5.74, 6) is 0.786. The van der Waals surface area contributed by atoms with Gasteiger partial charge in [0.25, 0.3) is 5.60 Å². The van der Waals surface area contributed by atoms with Crippen LogP contribution in [0.4, 0.5) is 0 Å². The van der Waals surface area contributed by atoms with E-state index in [1.165, 1.54) is 17.6 Å². The Morgan fingerprint density at radius 2 is 1.91 bits per heavy atom. The number of piperidine rings is 3. The van der Waals surface area contributed by atoms with Crippen LogP contribution in [0.25, 0.3) is 0 Å². The molecule has 0 amide bonds. The Hall–Kier alpha value is -2.13. The summed E-state index contributed by atoms with van der Waals surface area (Å²) >= 11 is 1.32. The predicted molar refractivity (Wildman–Crippen MR) is 125 cm³/mol. The highest BCUT2D eigenvalue weighted by atomic mass is 79.9. The zero-order valence-electron chi connectivity index (χ0n) is 19.0. The van der Waals surface area contributed by atoms with Gasteiger partial charge in [0.15, 0.2) is 11.9 Å². The molecule has 0 saturated carbocycles. The average molecular weight is 548 g/mol. The fraction of sp³-hybridized carbons (Fsp3) is 0.423. The quantitative estimate of drug-likeness (QED) is 0.248. The van der Waals surface area contributed by atoms with Crippen molar-refractivity contribution in [2.45, 2.75) is 31.0 Å². The third kappa shape index (κ3) is 4.96. The molecular weight excluding hydrogens is 518 g/mol. The molecule has 0 radical (unpaired) electrons. The van der Waals surface area contributed by atoms with Gasteiger partial charge in [-0.15, -0.1) is 11.3 Å². The number of carbonyl (C=O) groups excluding carboxylic acids is 1. The van der Waals surface area contributed by atoms with E-state index in [1.807, 2.05) is 41.8 Å². The second-order valence-electron chi connectivity index (χ2n) is 9.16. The summed E-state index contributed by atoms with van der Waals surface area (Å²) in [6, 6.07) is 16.7. The van der Waals surface area contributed by atoms with Crippen molar-refractivity contribution in [3.05, 3.63) is 76.9 Å². The van der Waals surface area contributed by atoms with Crippen molar-refractivity contribution in [3.63, 3.8) is 0 Å². The van der Waals surface area contributed by atoms with Gasteiger partial charge in [0, 0.05) is 25.2 Å². The molecule has 34 heavy (non-hydrogen) atoms. The van der Waals surface area contributed by atoms with Crippen molar-refractivity contribution < 1.29 is 45.3 Å².